The molecule has 0 amide bonds. The number of quaternary nitrogens is 1. The average molecular weight is 648 g/mol. The Kier molecular flexibility index (Phi) is 12.1. The van der Waals surface area contributed by atoms with E-state index in [1.807, 2.05) is 91.0 Å². The van der Waals surface area contributed by atoms with Crippen LogP contribution in [0.15, 0.2) is 91.0 Å². The molecule has 0 aromatic heterocycles. The quantitative estimate of drug-likeness (QED) is 0.362. The molecular formula is C34H43NO4Sn. The van der Waals surface area contributed by atoms with Gasteiger partial charge in [0.15, 0.2) is 0 Å². The fraction of sp³-hybridized carbons (Fsp3) is 0.412. The van der Waals surface area contributed by atoms with Crippen molar-refractivity contribution in [2.45, 2.75) is 89.1 Å². The summed E-state index contributed by atoms with van der Waals surface area (Å²) in [6.07, 6.45) is 14.4. The fourth-order valence-electron chi connectivity index (χ4n) is 6.16. The van der Waals surface area contributed by atoms with Crippen molar-refractivity contribution >= 4 is 41.5 Å². The second-order valence-corrected chi connectivity index (χ2v) is 20.5. The molecule has 0 heterocycles. The molecule has 40 heavy (non-hydrogen) atoms. The van der Waals surface area contributed by atoms with Gasteiger partial charge in [-0.1, -0.05) is 12.8 Å². The monoisotopic (exact) mass is 649 g/mol. The van der Waals surface area contributed by atoms with E-state index >= 15 is 0 Å². The number of hydrogen-bond acceptors (Lipinski definition) is 4. The molecule has 5 rings (SSSR count). The Hall–Kier alpha value is -2.64. The van der Waals surface area contributed by atoms with Gasteiger partial charge in [-0.3, -0.25) is 0 Å². The van der Waals surface area contributed by atoms with E-state index < -0.39 is 30.7 Å². The number of benzene rings is 3. The molecule has 0 unspecified atom stereocenters. The summed E-state index contributed by atoms with van der Waals surface area (Å²) in [5, 5.41) is 13.5. The molecule has 6 heteroatoms. The zero-order chi connectivity index (χ0) is 28.0. The Labute approximate surface area is 243 Å². The van der Waals surface area contributed by atoms with E-state index in [-0.39, 0.29) is 12.8 Å². The Balaban J connectivity index is 0.000000236. The third-order valence-electron chi connectivity index (χ3n) is 8.19. The van der Waals surface area contributed by atoms with Gasteiger partial charge in [-0.2, -0.15) is 0 Å². The van der Waals surface area contributed by atoms with Crippen LogP contribution in [-0.4, -0.2) is 42.8 Å². The van der Waals surface area contributed by atoms with E-state index in [4.69, 9.17) is 3.07 Å². The van der Waals surface area contributed by atoms with Crippen molar-refractivity contribution in [1.29, 1.82) is 0 Å². The number of carboxylic acid groups (broad SMARTS) is 1. The van der Waals surface area contributed by atoms with Crippen LogP contribution in [0.5, 0.6) is 0 Å². The third-order valence-corrected chi connectivity index (χ3v) is 19.5. The van der Waals surface area contributed by atoms with Gasteiger partial charge < -0.3 is 5.32 Å². The summed E-state index contributed by atoms with van der Waals surface area (Å²) < 4.78 is 9.20. The molecule has 0 bridgehead atoms. The average Bonchev–Trinajstić information content (AvgIpc) is 3.01. The minimum atomic E-state index is -4.12. The van der Waals surface area contributed by atoms with Crippen LogP contribution in [0.2, 0.25) is 0 Å². The number of carbonyl (C=O) groups is 2. The van der Waals surface area contributed by atoms with Crippen LogP contribution in [0.25, 0.3) is 0 Å². The van der Waals surface area contributed by atoms with Crippen LogP contribution >= 0.6 is 0 Å². The number of hydrogen-bond donors (Lipinski definition) is 1. The first-order chi connectivity index (χ1) is 19.6. The zero-order valence-electron chi connectivity index (χ0n) is 23.5. The molecule has 0 aliphatic heterocycles. The van der Waals surface area contributed by atoms with E-state index in [2.05, 4.69) is 5.32 Å². The van der Waals surface area contributed by atoms with Gasteiger partial charge in [-0.25, -0.2) is 0 Å². The van der Waals surface area contributed by atoms with E-state index in [0.717, 1.165) is 22.8 Å². The second kappa shape index (κ2) is 16.0. The van der Waals surface area contributed by atoms with Crippen molar-refractivity contribution in [3.63, 3.8) is 0 Å². The molecule has 2 saturated carbocycles. The molecule has 0 spiro atoms. The molecule has 2 aliphatic carbocycles. The summed E-state index contributed by atoms with van der Waals surface area (Å²) in [6.45, 7) is 0. The molecule has 2 aliphatic rings. The van der Waals surface area contributed by atoms with E-state index in [1.165, 1.54) is 64.2 Å². The van der Waals surface area contributed by atoms with E-state index in [0.29, 0.717) is 0 Å². The number of nitrogens with two attached hydrogens (primary N) is 1. The summed E-state index contributed by atoms with van der Waals surface area (Å²) in [5.41, 5.74) is 0. The summed E-state index contributed by atoms with van der Waals surface area (Å²) in [4.78, 5) is 23.4. The van der Waals surface area contributed by atoms with Crippen LogP contribution in [0.3, 0.4) is 0 Å². The summed E-state index contributed by atoms with van der Waals surface area (Å²) in [7, 11) is 0. The molecule has 0 radical (unpaired) electrons. The predicted octanol–water partition coefficient (Wildman–Crippen LogP) is 2.94. The van der Waals surface area contributed by atoms with Gasteiger partial charge in [0, 0.05) is 0 Å². The molecule has 212 valence electrons. The van der Waals surface area contributed by atoms with Crippen molar-refractivity contribution < 1.29 is 23.1 Å². The first-order valence-corrected chi connectivity index (χ1v) is 20.5. The molecule has 2 N–H and O–H groups in total. The summed E-state index contributed by atoms with van der Waals surface area (Å²) >= 11 is -4.12. The maximum atomic E-state index is 12.6. The molecule has 3 aromatic rings. The van der Waals surface area contributed by atoms with Crippen LogP contribution in [0, 0.1) is 0 Å². The topological polar surface area (TPSA) is 83.0 Å². The van der Waals surface area contributed by atoms with E-state index in [1.54, 1.807) is 0 Å². The maximum absolute atomic E-state index is 12.6. The Morgan fingerprint density at radius 3 is 1.35 bits per heavy atom. The van der Waals surface area contributed by atoms with Gasteiger partial charge in [0.1, 0.15) is 0 Å². The van der Waals surface area contributed by atoms with Gasteiger partial charge in [0.25, 0.3) is 0 Å². The second-order valence-electron chi connectivity index (χ2n) is 11.1. The Morgan fingerprint density at radius 1 is 0.625 bits per heavy atom. The van der Waals surface area contributed by atoms with Crippen molar-refractivity contribution in [1.82, 2.24) is 0 Å². The fourth-order valence-corrected chi connectivity index (χ4v) is 17.0. The molecular weight excluding hydrogens is 605 g/mol. The van der Waals surface area contributed by atoms with Gasteiger partial charge in [-0.05, 0) is 51.4 Å². The van der Waals surface area contributed by atoms with Crippen LogP contribution in [-0.2, 0) is 12.7 Å². The van der Waals surface area contributed by atoms with Crippen LogP contribution in [0.1, 0.15) is 77.0 Å². The number of aliphatic carboxylic acids is 1. The first kappa shape index (κ1) is 30.3. The van der Waals surface area contributed by atoms with Crippen molar-refractivity contribution in [2.24, 2.45) is 0 Å². The predicted molar refractivity (Wildman–Crippen MR) is 160 cm³/mol. The van der Waals surface area contributed by atoms with Crippen molar-refractivity contribution in [2.75, 3.05) is 0 Å². The zero-order valence-corrected chi connectivity index (χ0v) is 26.4. The Morgan fingerprint density at radius 2 is 1.00 bits per heavy atom. The normalized spacial score (nSPS) is 16.4. The van der Waals surface area contributed by atoms with Gasteiger partial charge in [-0.15, -0.1) is 0 Å². The number of carboxylic acids is 1. The van der Waals surface area contributed by atoms with Crippen molar-refractivity contribution in [3.8, 4) is 0 Å². The minimum absolute atomic E-state index is 0.201. The van der Waals surface area contributed by atoms with Gasteiger partial charge in [0.2, 0.25) is 0 Å². The SMILES string of the molecule is C1CCC([NH2+]C2CCCCC2)CC1.O=C([O-])CCC(=O)[O][Sn]([c]1ccccc1)([c]1ccccc1)[c]1ccccc1. The standard InChI is InChI=1S/C12H23N.3C6H5.C4H6O4.Sn/c1-3-7-11(8-4-1)13-12-9-5-2-6-10-12;3*1-2-4-6-5-3-1;5-3(6)1-2-4(7)8;/h11-13H,1-10H2;3*1-5H;1-2H2,(H,5,6)(H,7,8);/q;;;;;+1/p-1. The third kappa shape index (κ3) is 8.68. The number of rotatable bonds is 9. The van der Waals surface area contributed by atoms with Gasteiger partial charge in [0.05, 0.1) is 12.1 Å². The molecule has 3 aromatic carbocycles. The molecule has 5 nitrogen and oxygen atoms in total. The summed E-state index contributed by atoms with van der Waals surface area (Å²) in [6, 6.07) is 31.3. The molecule has 0 atom stereocenters. The number of carbonyl (C=O) groups excluding carboxylic acids is 2. The molecule has 2 fully saturated rings. The van der Waals surface area contributed by atoms with Crippen molar-refractivity contribution in [3.05, 3.63) is 91.0 Å². The van der Waals surface area contributed by atoms with Crippen LogP contribution < -0.4 is 21.2 Å². The van der Waals surface area contributed by atoms with Crippen LogP contribution in [0.4, 0.5) is 0 Å². The first-order valence-electron chi connectivity index (χ1n) is 15.0. The summed E-state index contributed by atoms with van der Waals surface area (Å²) in [5.74, 6) is -1.77. The van der Waals surface area contributed by atoms with Gasteiger partial charge >= 0.3 is 163 Å². The molecule has 0 saturated heterocycles. The Bertz CT molecular complexity index is 1050. The van der Waals surface area contributed by atoms with E-state index in [9.17, 15) is 14.7 Å².